The largest absolute Gasteiger partial charge is 0.324 e. The van der Waals surface area contributed by atoms with E-state index in [4.69, 9.17) is 0 Å². The van der Waals surface area contributed by atoms with Crippen molar-refractivity contribution in [1.82, 2.24) is 9.88 Å². The zero-order valence-corrected chi connectivity index (χ0v) is 13.7. The molecule has 8 heteroatoms. The molecule has 2 atom stereocenters. The molecular formula is C13H19N3O3S2. The standard InChI is InChI=1S/C13H19N3O3S2/c1-8(2)11-12(20-7-14-11)15-13(17)16-3-9-5-21(18,19)6-10(9)4-16/h7-10H,3-6H2,1-2H3,(H,15,17)/t9-,10+. The second-order valence-electron chi connectivity index (χ2n) is 6.15. The van der Waals surface area contributed by atoms with E-state index in [1.165, 1.54) is 11.3 Å². The predicted molar refractivity (Wildman–Crippen MR) is 82.4 cm³/mol. The molecular weight excluding hydrogens is 310 g/mol. The molecule has 3 rings (SSSR count). The van der Waals surface area contributed by atoms with E-state index in [1.807, 2.05) is 13.8 Å². The second kappa shape index (κ2) is 5.24. The molecule has 1 aromatic heterocycles. The van der Waals surface area contributed by atoms with Crippen LogP contribution in [0.5, 0.6) is 0 Å². The molecule has 116 valence electrons. The number of rotatable bonds is 2. The van der Waals surface area contributed by atoms with Crippen LogP contribution >= 0.6 is 11.3 Å². The zero-order valence-electron chi connectivity index (χ0n) is 12.1. The lowest BCUT2D eigenvalue weighted by Gasteiger charge is -2.18. The Balaban J connectivity index is 1.64. The van der Waals surface area contributed by atoms with Gasteiger partial charge in [-0.25, -0.2) is 18.2 Å². The van der Waals surface area contributed by atoms with Crippen molar-refractivity contribution in [2.24, 2.45) is 11.8 Å². The van der Waals surface area contributed by atoms with E-state index in [0.717, 1.165) is 10.7 Å². The molecule has 2 fully saturated rings. The Labute approximate surface area is 128 Å². The van der Waals surface area contributed by atoms with E-state index >= 15 is 0 Å². The van der Waals surface area contributed by atoms with Gasteiger partial charge in [0.15, 0.2) is 9.84 Å². The van der Waals surface area contributed by atoms with Gasteiger partial charge in [-0.3, -0.25) is 5.32 Å². The van der Waals surface area contributed by atoms with Crippen LogP contribution in [0.2, 0.25) is 0 Å². The first-order chi connectivity index (χ1) is 9.85. The normalized spacial score (nSPS) is 27.1. The summed E-state index contributed by atoms with van der Waals surface area (Å²) in [5, 5.41) is 3.71. The van der Waals surface area contributed by atoms with E-state index in [0.29, 0.717) is 13.1 Å². The average Bonchev–Trinajstić information content (AvgIpc) is 3.01. The SMILES string of the molecule is CC(C)c1ncsc1NC(=O)N1C[C@@H]2CS(=O)(=O)C[C@@H]2C1. The fourth-order valence-electron chi connectivity index (χ4n) is 3.14. The van der Waals surface area contributed by atoms with Crippen molar-refractivity contribution in [1.29, 1.82) is 0 Å². The Kier molecular flexibility index (Phi) is 3.69. The molecule has 3 heterocycles. The first-order valence-corrected chi connectivity index (χ1v) is 9.75. The molecule has 21 heavy (non-hydrogen) atoms. The number of hydrogen-bond acceptors (Lipinski definition) is 5. The van der Waals surface area contributed by atoms with E-state index < -0.39 is 9.84 Å². The molecule has 1 aromatic rings. The molecule has 0 aromatic carbocycles. The number of aromatic nitrogens is 1. The van der Waals surface area contributed by atoms with Gasteiger partial charge < -0.3 is 4.90 Å². The van der Waals surface area contributed by atoms with E-state index in [1.54, 1.807) is 10.4 Å². The number of fused-ring (bicyclic) bond motifs is 1. The number of hydrogen-bond donors (Lipinski definition) is 1. The molecule has 6 nitrogen and oxygen atoms in total. The molecule has 0 unspecified atom stereocenters. The number of carbonyl (C=O) groups excluding carboxylic acids is 1. The maximum absolute atomic E-state index is 12.3. The molecule has 2 saturated heterocycles. The third-order valence-corrected chi connectivity index (χ3v) is 6.79. The van der Waals surface area contributed by atoms with Crippen LogP contribution in [0.3, 0.4) is 0 Å². The van der Waals surface area contributed by atoms with Crippen LogP contribution in [-0.4, -0.2) is 48.9 Å². The summed E-state index contributed by atoms with van der Waals surface area (Å²) < 4.78 is 23.1. The van der Waals surface area contributed by atoms with Crippen molar-refractivity contribution < 1.29 is 13.2 Å². The van der Waals surface area contributed by atoms with Gasteiger partial charge in [0.1, 0.15) is 5.00 Å². The molecule has 0 spiro atoms. The summed E-state index contributed by atoms with van der Waals surface area (Å²) in [6.45, 7) is 5.14. The van der Waals surface area contributed by atoms with Crippen LogP contribution in [0, 0.1) is 11.8 Å². The third kappa shape index (κ3) is 2.91. The van der Waals surface area contributed by atoms with Crippen LogP contribution in [0.4, 0.5) is 9.80 Å². The van der Waals surface area contributed by atoms with E-state index in [9.17, 15) is 13.2 Å². The first kappa shape index (κ1) is 14.8. The van der Waals surface area contributed by atoms with Crippen LogP contribution in [0.25, 0.3) is 0 Å². The smallest absolute Gasteiger partial charge is 0.322 e. The lowest BCUT2D eigenvalue weighted by Crippen LogP contribution is -2.34. The number of sulfone groups is 1. The number of urea groups is 1. The van der Waals surface area contributed by atoms with Gasteiger partial charge >= 0.3 is 6.03 Å². The number of nitrogens with one attached hydrogen (secondary N) is 1. The summed E-state index contributed by atoms with van der Waals surface area (Å²) in [6, 6.07) is -0.145. The Bertz CT molecular complexity index is 633. The minimum absolute atomic E-state index is 0.103. The van der Waals surface area contributed by atoms with Crippen LogP contribution in [0.15, 0.2) is 5.51 Å². The maximum Gasteiger partial charge on any atom is 0.322 e. The van der Waals surface area contributed by atoms with E-state index in [2.05, 4.69) is 10.3 Å². The van der Waals surface area contributed by atoms with Gasteiger partial charge in [0.05, 0.1) is 22.7 Å². The molecule has 2 aliphatic rings. The average molecular weight is 329 g/mol. The van der Waals surface area contributed by atoms with Gasteiger partial charge in [-0.05, 0) is 17.8 Å². The highest BCUT2D eigenvalue weighted by Crippen LogP contribution is 2.33. The molecule has 2 amide bonds. The molecule has 0 bridgehead atoms. The highest BCUT2D eigenvalue weighted by Gasteiger charge is 2.45. The topological polar surface area (TPSA) is 79.4 Å². The lowest BCUT2D eigenvalue weighted by atomic mass is 10.0. The third-order valence-electron chi connectivity index (χ3n) is 4.16. The Morgan fingerprint density at radius 1 is 1.38 bits per heavy atom. The second-order valence-corrected chi connectivity index (χ2v) is 9.16. The maximum atomic E-state index is 12.3. The summed E-state index contributed by atoms with van der Waals surface area (Å²) in [6.07, 6.45) is 0. The Morgan fingerprint density at radius 2 is 2.00 bits per heavy atom. The highest BCUT2D eigenvalue weighted by molar-refractivity contribution is 7.91. The minimum Gasteiger partial charge on any atom is -0.324 e. The van der Waals surface area contributed by atoms with Crippen molar-refractivity contribution in [3.05, 3.63) is 11.2 Å². The monoisotopic (exact) mass is 329 g/mol. The lowest BCUT2D eigenvalue weighted by molar-refractivity contribution is 0.220. The summed E-state index contributed by atoms with van der Waals surface area (Å²) in [7, 11) is -2.89. The van der Waals surface area contributed by atoms with Gasteiger partial charge in [-0.1, -0.05) is 13.8 Å². The van der Waals surface area contributed by atoms with Crippen LogP contribution in [-0.2, 0) is 9.84 Å². The van der Waals surface area contributed by atoms with Crippen molar-refractivity contribution >= 4 is 32.2 Å². The number of amides is 2. The van der Waals surface area contributed by atoms with Crippen LogP contribution < -0.4 is 5.32 Å². The van der Waals surface area contributed by atoms with E-state index in [-0.39, 0.29) is 35.3 Å². The number of likely N-dealkylation sites (tertiary alicyclic amines) is 1. The number of carbonyl (C=O) groups is 1. The zero-order chi connectivity index (χ0) is 15.2. The van der Waals surface area contributed by atoms with Gasteiger partial charge in [-0.15, -0.1) is 11.3 Å². The van der Waals surface area contributed by atoms with Crippen molar-refractivity contribution in [2.45, 2.75) is 19.8 Å². The predicted octanol–water partition coefficient (Wildman–Crippen LogP) is 1.77. The van der Waals surface area contributed by atoms with Gasteiger partial charge in [0, 0.05) is 13.1 Å². The molecule has 2 aliphatic heterocycles. The van der Waals surface area contributed by atoms with Crippen molar-refractivity contribution in [2.75, 3.05) is 29.9 Å². The van der Waals surface area contributed by atoms with Gasteiger partial charge in [0.25, 0.3) is 0 Å². The number of anilines is 1. The molecule has 0 radical (unpaired) electrons. The Morgan fingerprint density at radius 3 is 2.57 bits per heavy atom. The van der Waals surface area contributed by atoms with Gasteiger partial charge in [0.2, 0.25) is 0 Å². The summed E-state index contributed by atoms with van der Waals surface area (Å²) in [5.74, 6) is 0.909. The minimum atomic E-state index is -2.89. The summed E-state index contributed by atoms with van der Waals surface area (Å²) in [4.78, 5) is 18.3. The number of nitrogens with zero attached hydrogens (tertiary/aromatic N) is 2. The highest BCUT2D eigenvalue weighted by atomic mass is 32.2. The molecule has 1 N–H and O–H groups in total. The fourth-order valence-corrected chi connectivity index (χ4v) is 6.16. The van der Waals surface area contributed by atoms with Crippen molar-refractivity contribution in [3.63, 3.8) is 0 Å². The molecule has 0 aliphatic carbocycles. The quantitative estimate of drug-likeness (QED) is 0.897. The molecule has 0 saturated carbocycles. The Hall–Kier alpha value is -1.15. The van der Waals surface area contributed by atoms with Crippen molar-refractivity contribution in [3.8, 4) is 0 Å². The van der Waals surface area contributed by atoms with Gasteiger partial charge in [-0.2, -0.15) is 0 Å². The first-order valence-electron chi connectivity index (χ1n) is 7.05. The summed E-state index contributed by atoms with van der Waals surface area (Å²) in [5.41, 5.74) is 2.63. The fraction of sp³-hybridized carbons (Fsp3) is 0.692. The summed E-state index contributed by atoms with van der Waals surface area (Å²) >= 11 is 1.42. The van der Waals surface area contributed by atoms with Crippen LogP contribution in [0.1, 0.15) is 25.5 Å². The number of thiazole rings is 1.